The molecule has 1 saturated heterocycles. The largest absolute Gasteiger partial charge is 0.368 e. The van der Waals surface area contributed by atoms with E-state index in [1.165, 1.54) is 22.1 Å². The van der Waals surface area contributed by atoms with E-state index >= 15 is 0 Å². The second-order valence-electron chi connectivity index (χ2n) is 6.89. The van der Waals surface area contributed by atoms with Crippen molar-refractivity contribution in [1.82, 2.24) is 14.4 Å². The van der Waals surface area contributed by atoms with Crippen LogP contribution in [-0.4, -0.2) is 40.5 Å². The van der Waals surface area contributed by atoms with Gasteiger partial charge < -0.3 is 14.2 Å². The Balaban J connectivity index is 1.38. The summed E-state index contributed by atoms with van der Waals surface area (Å²) in [5.74, 6) is 0. The fourth-order valence-electron chi connectivity index (χ4n) is 3.85. The van der Waals surface area contributed by atoms with Crippen LogP contribution in [0.1, 0.15) is 5.69 Å². The first-order valence-electron chi connectivity index (χ1n) is 9.06. The summed E-state index contributed by atoms with van der Waals surface area (Å²) < 4.78 is 2.08. The van der Waals surface area contributed by atoms with Gasteiger partial charge in [-0.25, -0.2) is 4.98 Å². The number of hydrogen-bond acceptors (Lipinski definition) is 4. The van der Waals surface area contributed by atoms with Crippen molar-refractivity contribution in [2.24, 2.45) is 0 Å². The normalized spacial score (nSPS) is 15.1. The van der Waals surface area contributed by atoms with E-state index in [9.17, 15) is 0 Å². The van der Waals surface area contributed by atoms with Crippen molar-refractivity contribution >= 4 is 27.8 Å². The highest BCUT2D eigenvalue weighted by atomic mass is 15.3. The lowest BCUT2D eigenvalue weighted by Crippen LogP contribution is -2.46. The minimum absolute atomic E-state index is 0.994. The number of fused-ring (bicyclic) bond motifs is 2. The van der Waals surface area contributed by atoms with Crippen molar-refractivity contribution in [2.45, 2.75) is 6.92 Å². The van der Waals surface area contributed by atoms with Crippen molar-refractivity contribution in [3.05, 3.63) is 66.9 Å². The number of nitrogens with zero attached hydrogens (tertiary/aromatic N) is 5. The van der Waals surface area contributed by atoms with Gasteiger partial charge in [-0.1, -0.05) is 24.3 Å². The topological polar surface area (TPSA) is 36.7 Å². The van der Waals surface area contributed by atoms with Gasteiger partial charge in [0.25, 0.3) is 0 Å². The van der Waals surface area contributed by atoms with E-state index in [0.29, 0.717) is 0 Å². The summed E-state index contributed by atoms with van der Waals surface area (Å²) in [4.78, 5) is 13.9. The summed E-state index contributed by atoms with van der Waals surface area (Å²) in [6, 6.07) is 12.9. The molecule has 1 aliphatic rings. The van der Waals surface area contributed by atoms with Crippen LogP contribution in [0.2, 0.25) is 0 Å². The summed E-state index contributed by atoms with van der Waals surface area (Å²) in [7, 11) is 0. The van der Waals surface area contributed by atoms with Crippen molar-refractivity contribution in [2.75, 3.05) is 36.0 Å². The van der Waals surface area contributed by atoms with Crippen molar-refractivity contribution in [1.29, 1.82) is 0 Å². The zero-order valence-electron chi connectivity index (χ0n) is 14.8. The lowest BCUT2D eigenvalue weighted by Gasteiger charge is -2.37. The first-order valence-corrected chi connectivity index (χ1v) is 9.06. The lowest BCUT2D eigenvalue weighted by atomic mass is 10.1. The highest BCUT2D eigenvalue weighted by Gasteiger charge is 2.19. The van der Waals surface area contributed by atoms with E-state index in [-0.39, 0.29) is 0 Å². The molecular weight excluding hydrogens is 322 g/mol. The smallest absolute Gasteiger partial charge is 0.139 e. The third-order valence-corrected chi connectivity index (χ3v) is 5.20. The molecule has 0 amide bonds. The van der Waals surface area contributed by atoms with Crippen molar-refractivity contribution in [3.8, 4) is 0 Å². The summed E-state index contributed by atoms with van der Waals surface area (Å²) >= 11 is 0. The van der Waals surface area contributed by atoms with Gasteiger partial charge >= 0.3 is 0 Å². The predicted molar refractivity (Wildman–Crippen MR) is 106 cm³/mol. The van der Waals surface area contributed by atoms with E-state index in [4.69, 9.17) is 0 Å². The minimum Gasteiger partial charge on any atom is -0.368 e. The molecule has 4 aromatic rings. The predicted octanol–water partition coefficient (Wildman–Crippen LogP) is 3.52. The molecule has 26 heavy (non-hydrogen) atoms. The molecule has 0 N–H and O–H groups in total. The molecule has 3 aromatic heterocycles. The summed E-state index contributed by atoms with van der Waals surface area (Å²) in [5, 5.41) is 2.48. The fraction of sp³-hybridized carbons (Fsp3) is 0.238. The second-order valence-corrected chi connectivity index (χ2v) is 6.89. The van der Waals surface area contributed by atoms with Crippen molar-refractivity contribution in [3.63, 3.8) is 0 Å². The molecule has 0 unspecified atom stereocenters. The molecule has 0 bridgehead atoms. The third kappa shape index (κ3) is 2.56. The van der Waals surface area contributed by atoms with Crippen LogP contribution in [0.3, 0.4) is 0 Å². The van der Waals surface area contributed by atoms with E-state index in [1.807, 2.05) is 19.3 Å². The van der Waals surface area contributed by atoms with E-state index in [2.05, 4.69) is 73.0 Å². The molecule has 4 heterocycles. The number of pyridine rings is 2. The van der Waals surface area contributed by atoms with Gasteiger partial charge in [0.1, 0.15) is 5.65 Å². The summed E-state index contributed by atoms with van der Waals surface area (Å²) in [6.07, 6.45) is 8.10. The molecule has 1 aliphatic heterocycles. The SMILES string of the molecule is Cc1cn2ccc(N3CCN(c4cncc5ccccc45)CC3)cc2n1. The first-order chi connectivity index (χ1) is 12.8. The van der Waals surface area contributed by atoms with Gasteiger partial charge in [-0.3, -0.25) is 4.98 Å². The number of benzene rings is 1. The molecule has 130 valence electrons. The van der Waals surface area contributed by atoms with Crippen LogP contribution in [0.25, 0.3) is 16.4 Å². The fourth-order valence-corrected chi connectivity index (χ4v) is 3.85. The van der Waals surface area contributed by atoms with Gasteiger partial charge in [-0.05, 0) is 13.0 Å². The Labute approximate surface area is 152 Å². The molecule has 1 fully saturated rings. The van der Waals surface area contributed by atoms with Gasteiger partial charge in [0.05, 0.1) is 17.6 Å². The molecule has 0 aliphatic carbocycles. The minimum atomic E-state index is 0.994. The maximum Gasteiger partial charge on any atom is 0.139 e. The van der Waals surface area contributed by atoms with Crippen LogP contribution in [-0.2, 0) is 0 Å². The van der Waals surface area contributed by atoms with Gasteiger partial charge in [0, 0.05) is 67.3 Å². The Kier molecular flexibility index (Phi) is 3.52. The molecule has 0 atom stereocenters. The highest BCUT2D eigenvalue weighted by Crippen LogP contribution is 2.27. The van der Waals surface area contributed by atoms with Crippen LogP contribution in [0.5, 0.6) is 0 Å². The Morgan fingerprint density at radius 2 is 1.73 bits per heavy atom. The van der Waals surface area contributed by atoms with Crippen LogP contribution < -0.4 is 9.80 Å². The van der Waals surface area contributed by atoms with Crippen LogP contribution in [0.4, 0.5) is 11.4 Å². The molecule has 1 aromatic carbocycles. The summed E-state index contributed by atoms with van der Waals surface area (Å²) in [6.45, 7) is 6.02. The van der Waals surface area contributed by atoms with Gasteiger partial charge in [-0.15, -0.1) is 0 Å². The third-order valence-electron chi connectivity index (χ3n) is 5.20. The maximum absolute atomic E-state index is 4.58. The number of hydrogen-bond donors (Lipinski definition) is 0. The van der Waals surface area contributed by atoms with E-state index < -0.39 is 0 Å². The Bertz CT molecular complexity index is 1070. The summed E-state index contributed by atoms with van der Waals surface area (Å²) in [5.41, 5.74) is 4.55. The highest BCUT2D eigenvalue weighted by molar-refractivity contribution is 5.93. The van der Waals surface area contributed by atoms with E-state index in [1.54, 1.807) is 0 Å². The van der Waals surface area contributed by atoms with Gasteiger partial charge in [0.2, 0.25) is 0 Å². The molecular formula is C21H21N5. The zero-order valence-corrected chi connectivity index (χ0v) is 14.8. The van der Waals surface area contributed by atoms with Gasteiger partial charge in [-0.2, -0.15) is 0 Å². The molecule has 0 spiro atoms. The Morgan fingerprint density at radius 3 is 2.62 bits per heavy atom. The molecule has 0 saturated carbocycles. The number of rotatable bonds is 2. The average Bonchev–Trinajstić information content (AvgIpc) is 3.07. The molecule has 0 radical (unpaired) electrons. The van der Waals surface area contributed by atoms with Crippen molar-refractivity contribution < 1.29 is 0 Å². The first kappa shape index (κ1) is 15.2. The quantitative estimate of drug-likeness (QED) is 0.558. The molecule has 5 heteroatoms. The Hall–Kier alpha value is -3.08. The number of aromatic nitrogens is 3. The maximum atomic E-state index is 4.58. The molecule has 5 rings (SSSR count). The van der Waals surface area contributed by atoms with E-state index in [0.717, 1.165) is 37.5 Å². The average molecular weight is 343 g/mol. The number of anilines is 2. The Morgan fingerprint density at radius 1 is 0.923 bits per heavy atom. The zero-order chi connectivity index (χ0) is 17.5. The lowest BCUT2D eigenvalue weighted by molar-refractivity contribution is 0.654. The number of imidazole rings is 1. The second kappa shape index (κ2) is 6.02. The van der Waals surface area contributed by atoms with Crippen LogP contribution in [0, 0.1) is 6.92 Å². The van der Waals surface area contributed by atoms with Crippen LogP contribution >= 0.6 is 0 Å². The van der Waals surface area contributed by atoms with Crippen LogP contribution in [0.15, 0.2) is 61.2 Å². The number of piperazine rings is 1. The monoisotopic (exact) mass is 343 g/mol. The molecule has 5 nitrogen and oxygen atoms in total. The van der Waals surface area contributed by atoms with Gasteiger partial charge in [0.15, 0.2) is 0 Å². The standard InChI is InChI=1S/C21H21N5/c1-16-15-26-7-6-18(12-21(26)23-16)24-8-10-25(11-9-24)20-14-22-13-17-4-2-3-5-19(17)20/h2-7,12-15H,8-11H2,1H3. The number of aryl methyl sites for hydroxylation is 1.